The molecule has 3 rings (SSSR count). The zero-order chi connectivity index (χ0) is 19.9. The summed E-state index contributed by atoms with van der Waals surface area (Å²) in [6.45, 7) is 2.64. The summed E-state index contributed by atoms with van der Waals surface area (Å²) in [5.74, 6) is -0.211. The average Bonchev–Trinajstić information content (AvgIpc) is 3.39. The molecule has 0 aliphatic carbocycles. The van der Waals surface area contributed by atoms with E-state index in [4.69, 9.17) is 9.15 Å². The molecule has 2 aromatic heterocycles. The van der Waals surface area contributed by atoms with Crippen LogP contribution in [0.1, 0.15) is 21.0 Å². The second-order valence-corrected chi connectivity index (χ2v) is 6.43. The number of hydrogen-bond donors (Lipinski definition) is 1. The summed E-state index contributed by atoms with van der Waals surface area (Å²) in [5.41, 5.74) is 0.452. The molecule has 3 heterocycles. The Hall–Kier alpha value is -3.07. The molecule has 1 fully saturated rings. The van der Waals surface area contributed by atoms with Crippen molar-refractivity contribution < 1.29 is 23.5 Å². The van der Waals surface area contributed by atoms with Crippen molar-refractivity contribution in [3.63, 3.8) is 0 Å². The number of methoxy groups -OCH3 is 1. The van der Waals surface area contributed by atoms with E-state index >= 15 is 0 Å². The van der Waals surface area contributed by atoms with E-state index in [9.17, 15) is 14.4 Å². The molecule has 0 atom stereocenters. The first kappa shape index (κ1) is 19.7. The van der Waals surface area contributed by atoms with E-state index in [1.807, 2.05) is 0 Å². The first-order valence-electron chi connectivity index (χ1n) is 9.13. The molecule has 0 spiro atoms. The maximum absolute atomic E-state index is 12.9. The molecule has 1 aliphatic rings. The molecule has 2 aromatic rings. The standard InChI is InChI=1S/C19H24N4O5/c1-27-13-6-20-17(24)14-23-7-2-4-15(23)18(25)21-8-10-22(11-9-21)19(26)16-5-3-12-28-16/h2-5,7,12H,6,8-11,13-14H2,1H3,(H,20,24). The van der Waals surface area contributed by atoms with Gasteiger partial charge in [-0.05, 0) is 24.3 Å². The SMILES string of the molecule is COCCNC(=O)Cn1cccc1C(=O)N1CCN(C(=O)c2ccco2)CC1. The second kappa shape index (κ2) is 9.23. The molecule has 0 bridgehead atoms. The molecule has 3 amide bonds. The van der Waals surface area contributed by atoms with Gasteiger partial charge in [-0.2, -0.15) is 0 Å². The van der Waals surface area contributed by atoms with Gasteiger partial charge in [0.2, 0.25) is 5.91 Å². The quantitative estimate of drug-likeness (QED) is 0.695. The Kier molecular flexibility index (Phi) is 6.49. The van der Waals surface area contributed by atoms with Crippen molar-refractivity contribution >= 4 is 17.7 Å². The number of piperazine rings is 1. The highest BCUT2D eigenvalue weighted by Gasteiger charge is 2.27. The number of furan rings is 1. The van der Waals surface area contributed by atoms with Crippen LogP contribution in [0.25, 0.3) is 0 Å². The van der Waals surface area contributed by atoms with Crippen LogP contribution in [0, 0.1) is 0 Å². The predicted octanol–water partition coefficient (Wildman–Crippen LogP) is 0.442. The first-order chi connectivity index (χ1) is 13.6. The van der Waals surface area contributed by atoms with Gasteiger partial charge in [0.05, 0.1) is 12.9 Å². The van der Waals surface area contributed by atoms with E-state index in [0.29, 0.717) is 50.8 Å². The molecule has 1 saturated heterocycles. The third-order valence-electron chi connectivity index (χ3n) is 4.58. The van der Waals surface area contributed by atoms with Crippen molar-refractivity contribution in [2.45, 2.75) is 6.54 Å². The van der Waals surface area contributed by atoms with Gasteiger partial charge in [0.1, 0.15) is 12.2 Å². The van der Waals surface area contributed by atoms with E-state index in [0.717, 1.165) is 0 Å². The Balaban J connectivity index is 1.55. The van der Waals surface area contributed by atoms with Crippen LogP contribution in [0.5, 0.6) is 0 Å². The third-order valence-corrected chi connectivity index (χ3v) is 4.58. The van der Waals surface area contributed by atoms with Gasteiger partial charge in [-0.15, -0.1) is 0 Å². The van der Waals surface area contributed by atoms with Crippen LogP contribution in [-0.2, 0) is 16.1 Å². The van der Waals surface area contributed by atoms with Crippen LogP contribution in [-0.4, -0.2) is 78.5 Å². The van der Waals surface area contributed by atoms with Crippen LogP contribution < -0.4 is 5.32 Å². The lowest BCUT2D eigenvalue weighted by molar-refractivity contribution is -0.121. The molecule has 28 heavy (non-hydrogen) atoms. The number of carbonyl (C=O) groups excluding carboxylic acids is 3. The van der Waals surface area contributed by atoms with E-state index in [-0.39, 0.29) is 24.3 Å². The van der Waals surface area contributed by atoms with E-state index in [1.165, 1.54) is 6.26 Å². The van der Waals surface area contributed by atoms with Gasteiger partial charge in [-0.3, -0.25) is 14.4 Å². The van der Waals surface area contributed by atoms with Crippen molar-refractivity contribution in [1.82, 2.24) is 19.7 Å². The van der Waals surface area contributed by atoms with Gasteiger partial charge in [0, 0.05) is 46.0 Å². The van der Waals surface area contributed by atoms with Crippen LogP contribution in [0.15, 0.2) is 41.1 Å². The number of ether oxygens (including phenoxy) is 1. The molecule has 150 valence electrons. The van der Waals surface area contributed by atoms with Crippen molar-refractivity contribution in [3.8, 4) is 0 Å². The Morgan fingerprint density at radius 2 is 1.79 bits per heavy atom. The predicted molar refractivity (Wildman–Crippen MR) is 99.8 cm³/mol. The van der Waals surface area contributed by atoms with E-state index < -0.39 is 0 Å². The molecule has 9 nitrogen and oxygen atoms in total. The van der Waals surface area contributed by atoms with Crippen molar-refractivity contribution in [3.05, 3.63) is 48.2 Å². The number of nitrogens with one attached hydrogen (secondary N) is 1. The largest absolute Gasteiger partial charge is 0.459 e. The molecule has 0 radical (unpaired) electrons. The summed E-state index contributed by atoms with van der Waals surface area (Å²) < 4.78 is 11.7. The van der Waals surface area contributed by atoms with Gasteiger partial charge in [-0.25, -0.2) is 0 Å². The number of amides is 3. The molecule has 0 aromatic carbocycles. The van der Waals surface area contributed by atoms with Crippen molar-refractivity contribution in [1.29, 1.82) is 0 Å². The summed E-state index contributed by atoms with van der Waals surface area (Å²) in [5, 5.41) is 2.74. The maximum atomic E-state index is 12.9. The normalized spacial score (nSPS) is 14.2. The molecule has 0 unspecified atom stereocenters. The summed E-state index contributed by atoms with van der Waals surface area (Å²) in [7, 11) is 1.57. The van der Waals surface area contributed by atoms with Crippen LogP contribution in [0.3, 0.4) is 0 Å². The molecular formula is C19H24N4O5. The lowest BCUT2D eigenvalue weighted by Crippen LogP contribution is -2.51. The topological polar surface area (TPSA) is 97.0 Å². The van der Waals surface area contributed by atoms with Crippen LogP contribution >= 0.6 is 0 Å². The van der Waals surface area contributed by atoms with E-state index in [1.54, 1.807) is 51.9 Å². The number of rotatable bonds is 7. The summed E-state index contributed by atoms with van der Waals surface area (Å²) in [6.07, 6.45) is 3.17. The fourth-order valence-corrected chi connectivity index (χ4v) is 3.08. The second-order valence-electron chi connectivity index (χ2n) is 6.43. The minimum atomic E-state index is -0.184. The summed E-state index contributed by atoms with van der Waals surface area (Å²) in [4.78, 5) is 40.5. The molecule has 1 aliphatic heterocycles. The van der Waals surface area contributed by atoms with Gasteiger partial charge < -0.3 is 28.8 Å². The van der Waals surface area contributed by atoms with Gasteiger partial charge in [0.25, 0.3) is 11.8 Å². The fourth-order valence-electron chi connectivity index (χ4n) is 3.08. The third kappa shape index (κ3) is 4.61. The zero-order valence-corrected chi connectivity index (χ0v) is 15.8. The highest BCUT2D eigenvalue weighted by molar-refractivity contribution is 5.94. The minimum Gasteiger partial charge on any atom is -0.459 e. The molecule has 9 heteroatoms. The molecule has 0 saturated carbocycles. The first-order valence-corrected chi connectivity index (χ1v) is 9.13. The van der Waals surface area contributed by atoms with Gasteiger partial charge in [0.15, 0.2) is 5.76 Å². The summed E-state index contributed by atoms with van der Waals surface area (Å²) >= 11 is 0. The monoisotopic (exact) mass is 388 g/mol. The Morgan fingerprint density at radius 1 is 1.07 bits per heavy atom. The van der Waals surface area contributed by atoms with Crippen LogP contribution in [0.2, 0.25) is 0 Å². The lowest BCUT2D eigenvalue weighted by atomic mass is 10.2. The smallest absolute Gasteiger partial charge is 0.289 e. The Bertz CT molecular complexity index is 806. The Labute approximate surface area is 162 Å². The van der Waals surface area contributed by atoms with Crippen LogP contribution in [0.4, 0.5) is 0 Å². The number of nitrogens with zero attached hydrogens (tertiary/aromatic N) is 3. The minimum absolute atomic E-state index is 0.0642. The number of carbonyl (C=O) groups is 3. The van der Waals surface area contributed by atoms with Gasteiger partial charge >= 0.3 is 0 Å². The lowest BCUT2D eigenvalue weighted by Gasteiger charge is -2.34. The number of hydrogen-bond acceptors (Lipinski definition) is 5. The highest BCUT2D eigenvalue weighted by atomic mass is 16.5. The number of aromatic nitrogens is 1. The highest BCUT2D eigenvalue weighted by Crippen LogP contribution is 2.13. The van der Waals surface area contributed by atoms with Gasteiger partial charge in [-0.1, -0.05) is 0 Å². The van der Waals surface area contributed by atoms with Crippen molar-refractivity contribution in [2.75, 3.05) is 46.4 Å². The zero-order valence-electron chi connectivity index (χ0n) is 15.8. The van der Waals surface area contributed by atoms with E-state index in [2.05, 4.69) is 5.32 Å². The van der Waals surface area contributed by atoms with Crippen molar-refractivity contribution in [2.24, 2.45) is 0 Å². The molecular weight excluding hydrogens is 364 g/mol. The maximum Gasteiger partial charge on any atom is 0.289 e. The Morgan fingerprint density at radius 3 is 2.43 bits per heavy atom. The molecule has 1 N–H and O–H groups in total. The average molecular weight is 388 g/mol. The fraction of sp³-hybridized carbons (Fsp3) is 0.421. The summed E-state index contributed by atoms with van der Waals surface area (Å²) in [6, 6.07) is 6.74.